The first-order chi connectivity index (χ1) is 16.5. The number of amides is 1. The molecule has 0 radical (unpaired) electrons. The molecule has 1 aliphatic heterocycles. The lowest BCUT2D eigenvalue weighted by Crippen LogP contribution is -2.52. The molecule has 2 fully saturated rings. The summed E-state index contributed by atoms with van der Waals surface area (Å²) >= 11 is 0. The number of rotatable bonds is 4. The molecule has 9 heteroatoms. The second kappa shape index (κ2) is 7.93. The fraction of sp³-hybridized carbons (Fsp3) is 0.400. The lowest BCUT2D eigenvalue weighted by atomic mass is 9.60. The summed E-state index contributed by atoms with van der Waals surface area (Å²) in [5, 5.41) is 12.5. The Morgan fingerprint density at radius 1 is 1.12 bits per heavy atom. The molecule has 174 valence electrons. The van der Waals surface area contributed by atoms with Gasteiger partial charge in [0.25, 0.3) is 0 Å². The van der Waals surface area contributed by atoms with Gasteiger partial charge in [0.2, 0.25) is 11.9 Å². The van der Waals surface area contributed by atoms with E-state index in [9.17, 15) is 4.79 Å². The summed E-state index contributed by atoms with van der Waals surface area (Å²) in [7, 11) is 1.87. The summed E-state index contributed by atoms with van der Waals surface area (Å²) in [6.45, 7) is 3.41. The highest BCUT2D eigenvalue weighted by molar-refractivity contribution is 5.89. The van der Waals surface area contributed by atoms with E-state index >= 15 is 0 Å². The van der Waals surface area contributed by atoms with Crippen LogP contribution in [0.4, 0.5) is 11.8 Å². The predicted molar refractivity (Wildman–Crippen MR) is 132 cm³/mol. The van der Waals surface area contributed by atoms with Crippen LogP contribution in [-0.2, 0) is 4.79 Å². The van der Waals surface area contributed by atoms with Crippen LogP contribution in [0.3, 0.4) is 0 Å². The summed E-state index contributed by atoms with van der Waals surface area (Å²) in [5.74, 6) is 1.56. The maximum absolute atomic E-state index is 11.6. The third-order valence-corrected chi connectivity index (χ3v) is 7.45. The Bertz CT molecular complexity index is 1380. The highest BCUT2D eigenvalue weighted by atomic mass is 16.2. The summed E-state index contributed by atoms with van der Waals surface area (Å²) in [4.78, 5) is 27.5. The van der Waals surface area contributed by atoms with Crippen molar-refractivity contribution in [2.75, 3.05) is 30.8 Å². The van der Waals surface area contributed by atoms with E-state index in [1.807, 2.05) is 53.0 Å². The number of piperidine rings is 1. The summed E-state index contributed by atoms with van der Waals surface area (Å²) in [6.07, 6.45) is 8.07. The Labute approximate surface area is 197 Å². The number of likely N-dealkylation sites (tertiary alicyclic amines) is 1. The number of aromatic nitrogens is 5. The largest absolute Gasteiger partial charge is 0.371 e. The average Bonchev–Trinajstić information content (AvgIpc) is 3.26. The monoisotopic (exact) mass is 456 g/mol. The second-order valence-electron chi connectivity index (χ2n) is 9.56. The number of pyridine rings is 2. The van der Waals surface area contributed by atoms with Crippen LogP contribution < -0.4 is 10.6 Å². The van der Waals surface area contributed by atoms with Gasteiger partial charge < -0.3 is 15.5 Å². The van der Waals surface area contributed by atoms with Crippen molar-refractivity contribution in [3.8, 4) is 11.3 Å². The Kier molecular flexibility index (Phi) is 4.86. The first-order valence-corrected chi connectivity index (χ1v) is 11.8. The number of fused-ring (bicyclic) bond motifs is 2. The zero-order chi connectivity index (χ0) is 23.3. The van der Waals surface area contributed by atoms with Crippen molar-refractivity contribution in [2.24, 2.45) is 5.41 Å². The average molecular weight is 457 g/mol. The second-order valence-corrected chi connectivity index (χ2v) is 9.56. The normalized spacial score (nSPS) is 17.8. The van der Waals surface area contributed by atoms with Gasteiger partial charge in [0, 0.05) is 56.4 Å². The van der Waals surface area contributed by atoms with Crippen LogP contribution in [0.15, 0.2) is 42.7 Å². The summed E-state index contributed by atoms with van der Waals surface area (Å²) in [5.41, 5.74) is 3.77. The van der Waals surface area contributed by atoms with Gasteiger partial charge in [0.1, 0.15) is 5.52 Å². The molecule has 0 unspecified atom stereocenters. The van der Waals surface area contributed by atoms with Gasteiger partial charge in [0.15, 0.2) is 11.5 Å². The molecule has 1 amide bonds. The van der Waals surface area contributed by atoms with Crippen molar-refractivity contribution < 1.29 is 4.79 Å². The van der Waals surface area contributed by atoms with E-state index in [2.05, 4.69) is 15.6 Å². The molecule has 5 heterocycles. The lowest BCUT2D eigenvalue weighted by Gasteiger charge is -2.52. The highest BCUT2D eigenvalue weighted by Gasteiger charge is 2.46. The Morgan fingerprint density at radius 2 is 1.94 bits per heavy atom. The van der Waals surface area contributed by atoms with Crippen molar-refractivity contribution in [1.29, 1.82) is 0 Å². The van der Waals surface area contributed by atoms with Crippen molar-refractivity contribution in [3.63, 3.8) is 0 Å². The molecular formula is C25H28N8O. The zero-order valence-electron chi connectivity index (χ0n) is 19.5. The fourth-order valence-electron chi connectivity index (χ4n) is 5.54. The molecule has 2 N–H and O–H groups in total. The van der Waals surface area contributed by atoms with Crippen LogP contribution in [-0.4, -0.2) is 61.6 Å². The molecule has 1 spiro atoms. The Morgan fingerprint density at radius 3 is 2.71 bits per heavy atom. The molecule has 6 rings (SSSR count). The van der Waals surface area contributed by atoms with E-state index < -0.39 is 0 Å². The van der Waals surface area contributed by atoms with Crippen LogP contribution in [0.25, 0.3) is 27.8 Å². The molecule has 4 aromatic rings. The first kappa shape index (κ1) is 20.8. The molecule has 34 heavy (non-hydrogen) atoms. The first-order valence-electron chi connectivity index (χ1n) is 11.8. The van der Waals surface area contributed by atoms with Crippen LogP contribution in [0.5, 0.6) is 0 Å². The minimum Gasteiger partial charge on any atom is -0.371 e. The van der Waals surface area contributed by atoms with E-state index in [1.165, 1.54) is 0 Å². The fourth-order valence-corrected chi connectivity index (χ4v) is 5.54. The Balaban J connectivity index is 1.22. The van der Waals surface area contributed by atoms with Crippen molar-refractivity contribution in [2.45, 2.75) is 38.6 Å². The van der Waals surface area contributed by atoms with Crippen LogP contribution >= 0.6 is 0 Å². The van der Waals surface area contributed by atoms with Crippen LogP contribution in [0, 0.1) is 5.41 Å². The molecule has 4 aromatic heterocycles. The lowest BCUT2D eigenvalue weighted by molar-refractivity contribution is -0.132. The van der Waals surface area contributed by atoms with Gasteiger partial charge in [-0.1, -0.05) is 0 Å². The number of anilines is 2. The standard InChI is InChI=1S/C25H28N8O/c1-16(34)32-12-8-25(9-13-32)14-18(15-25)28-24-30-23(26-2)21-19(7-11-33(21)31-24)20-6-5-17-4-3-10-27-22(17)29-20/h3-7,10-11,18H,8-9,12-15H2,1-2H3,(H2,26,28,30,31). The third-order valence-electron chi connectivity index (χ3n) is 7.45. The molecule has 0 aromatic carbocycles. The minimum absolute atomic E-state index is 0.186. The number of carbonyl (C=O) groups is 1. The van der Waals surface area contributed by atoms with Crippen molar-refractivity contribution in [1.82, 2.24) is 29.5 Å². The van der Waals surface area contributed by atoms with Gasteiger partial charge in [-0.3, -0.25) is 4.79 Å². The van der Waals surface area contributed by atoms with E-state index in [-0.39, 0.29) is 5.91 Å². The molecule has 0 bridgehead atoms. The van der Waals surface area contributed by atoms with Gasteiger partial charge in [-0.05, 0) is 61.4 Å². The van der Waals surface area contributed by atoms with E-state index in [0.717, 1.165) is 72.4 Å². The molecule has 1 aliphatic carbocycles. The molecular weight excluding hydrogens is 428 g/mol. The molecule has 0 atom stereocenters. The van der Waals surface area contributed by atoms with E-state index in [0.29, 0.717) is 17.4 Å². The predicted octanol–water partition coefficient (Wildman–Crippen LogP) is 3.58. The van der Waals surface area contributed by atoms with Crippen molar-refractivity contribution >= 4 is 34.2 Å². The number of carbonyl (C=O) groups excluding carboxylic acids is 1. The summed E-state index contributed by atoms with van der Waals surface area (Å²) in [6, 6.07) is 10.3. The van der Waals surface area contributed by atoms with E-state index in [4.69, 9.17) is 15.1 Å². The third kappa shape index (κ3) is 3.52. The minimum atomic E-state index is 0.186. The maximum atomic E-state index is 11.6. The maximum Gasteiger partial charge on any atom is 0.243 e. The van der Waals surface area contributed by atoms with Crippen LogP contribution in [0.1, 0.15) is 32.6 Å². The number of nitrogens with one attached hydrogen (secondary N) is 2. The van der Waals surface area contributed by atoms with Gasteiger partial charge in [0.05, 0.1) is 5.69 Å². The molecule has 9 nitrogen and oxygen atoms in total. The zero-order valence-corrected chi connectivity index (χ0v) is 19.5. The Hall–Kier alpha value is -3.75. The number of hydrogen-bond donors (Lipinski definition) is 2. The topological polar surface area (TPSA) is 100 Å². The van der Waals surface area contributed by atoms with Crippen molar-refractivity contribution in [3.05, 3.63) is 42.7 Å². The van der Waals surface area contributed by atoms with Crippen LogP contribution in [0.2, 0.25) is 0 Å². The van der Waals surface area contributed by atoms with Gasteiger partial charge in [-0.25, -0.2) is 14.5 Å². The van der Waals surface area contributed by atoms with Gasteiger partial charge >= 0.3 is 0 Å². The molecule has 1 saturated heterocycles. The highest BCUT2D eigenvalue weighted by Crippen LogP contribution is 2.49. The smallest absolute Gasteiger partial charge is 0.243 e. The van der Waals surface area contributed by atoms with E-state index in [1.54, 1.807) is 13.1 Å². The SMILES string of the molecule is CNc1nc(NC2CC3(CCN(C(C)=O)CC3)C2)nn2ccc(-c3ccc4cccnc4n3)c12. The quantitative estimate of drug-likeness (QED) is 0.484. The molecule has 1 saturated carbocycles. The molecule has 2 aliphatic rings. The number of hydrogen-bond acceptors (Lipinski definition) is 7. The number of nitrogens with zero attached hydrogens (tertiary/aromatic N) is 6. The van der Waals surface area contributed by atoms with Gasteiger partial charge in [-0.2, -0.15) is 4.98 Å². The summed E-state index contributed by atoms with van der Waals surface area (Å²) < 4.78 is 1.86. The van der Waals surface area contributed by atoms with Gasteiger partial charge in [-0.15, -0.1) is 5.10 Å².